The van der Waals surface area contributed by atoms with Crippen LogP contribution < -0.4 is 11.1 Å². The Kier molecular flexibility index (Phi) is 7.26. The number of nitrogens with zero attached hydrogens (tertiary/aromatic N) is 5. The van der Waals surface area contributed by atoms with Gasteiger partial charge in [0.2, 0.25) is 6.41 Å². The van der Waals surface area contributed by atoms with Gasteiger partial charge in [-0.25, -0.2) is 4.98 Å². The van der Waals surface area contributed by atoms with Gasteiger partial charge in [-0.05, 0) is 37.4 Å². The lowest BCUT2D eigenvalue weighted by Crippen LogP contribution is -2.32. The van der Waals surface area contributed by atoms with Gasteiger partial charge in [-0.15, -0.1) is 0 Å². The SMILES string of the molecule is Cc1nc2cc(-c3nn4c(c3C(N)=O)CN(C)CC4)cc(Cl)c2o1.N#Cc1ccc(NC=O)cc1Cl. The molecule has 4 aromatic rings. The van der Waals surface area contributed by atoms with Crippen molar-refractivity contribution in [3.8, 4) is 17.3 Å². The van der Waals surface area contributed by atoms with Gasteiger partial charge < -0.3 is 15.5 Å². The lowest BCUT2D eigenvalue weighted by Gasteiger charge is -2.23. The van der Waals surface area contributed by atoms with Crippen molar-refractivity contribution in [2.75, 3.05) is 18.9 Å². The van der Waals surface area contributed by atoms with E-state index in [9.17, 15) is 9.59 Å². The number of hydrogen-bond donors (Lipinski definition) is 2. The number of aromatic nitrogens is 3. The summed E-state index contributed by atoms with van der Waals surface area (Å²) in [6.45, 7) is 3.97. The van der Waals surface area contributed by atoms with E-state index < -0.39 is 5.91 Å². The molecular formula is C24H21Cl2N7O3. The molecule has 1 aliphatic heterocycles. The smallest absolute Gasteiger partial charge is 0.252 e. The molecule has 3 N–H and O–H groups in total. The van der Waals surface area contributed by atoms with E-state index in [-0.39, 0.29) is 0 Å². The van der Waals surface area contributed by atoms with Crippen LogP contribution >= 0.6 is 23.2 Å². The van der Waals surface area contributed by atoms with Crippen molar-refractivity contribution in [2.24, 2.45) is 5.73 Å². The molecule has 0 atom stereocenters. The van der Waals surface area contributed by atoms with Crippen LogP contribution in [0.1, 0.15) is 27.5 Å². The highest BCUT2D eigenvalue weighted by Gasteiger charge is 2.27. The number of amides is 2. The molecule has 2 aromatic heterocycles. The third-order valence-corrected chi connectivity index (χ3v) is 6.15. The molecule has 5 rings (SSSR count). The zero-order valence-corrected chi connectivity index (χ0v) is 20.9. The molecule has 0 bridgehead atoms. The zero-order chi connectivity index (χ0) is 26.0. The molecule has 184 valence electrons. The quantitative estimate of drug-likeness (QED) is 0.383. The van der Waals surface area contributed by atoms with Crippen molar-refractivity contribution in [1.29, 1.82) is 5.26 Å². The maximum absolute atomic E-state index is 12.1. The number of benzene rings is 2. The monoisotopic (exact) mass is 525 g/mol. The second-order valence-electron chi connectivity index (χ2n) is 8.10. The topological polar surface area (TPSA) is 143 Å². The molecule has 0 saturated heterocycles. The van der Waals surface area contributed by atoms with Crippen molar-refractivity contribution >= 4 is 52.3 Å². The number of nitriles is 1. The lowest BCUT2D eigenvalue weighted by atomic mass is 10.0. The highest BCUT2D eigenvalue weighted by Crippen LogP contribution is 2.34. The van der Waals surface area contributed by atoms with Crippen molar-refractivity contribution in [3.63, 3.8) is 0 Å². The number of aryl methyl sites for hydroxylation is 1. The predicted octanol–water partition coefficient (Wildman–Crippen LogP) is 3.98. The molecule has 0 saturated carbocycles. The fourth-order valence-corrected chi connectivity index (χ4v) is 4.38. The summed E-state index contributed by atoms with van der Waals surface area (Å²) in [5, 5.41) is 16.3. The van der Waals surface area contributed by atoms with Crippen LogP contribution in [0.15, 0.2) is 34.7 Å². The molecule has 0 radical (unpaired) electrons. The highest BCUT2D eigenvalue weighted by atomic mass is 35.5. The van der Waals surface area contributed by atoms with Crippen LogP contribution in [-0.2, 0) is 17.9 Å². The van der Waals surface area contributed by atoms with Crippen molar-refractivity contribution in [1.82, 2.24) is 19.7 Å². The van der Waals surface area contributed by atoms with Crippen LogP contribution in [0.4, 0.5) is 5.69 Å². The minimum atomic E-state index is -0.492. The molecule has 0 aliphatic carbocycles. The average Bonchev–Trinajstić information content (AvgIpc) is 3.40. The zero-order valence-electron chi connectivity index (χ0n) is 19.4. The Balaban J connectivity index is 0.000000214. The second-order valence-corrected chi connectivity index (χ2v) is 8.92. The number of anilines is 1. The van der Waals surface area contributed by atoms with Gasteiger partial charge >= 0.3 is 0 Å². The molecule has 36 heavy (non-hydrogen) atoms. The molecule has 3 heterocycles. The maximum Gasteiger partial charge on any atom is 0.252 e. The summed E-state index contributed by atoms with van der Waals surface area (Å²) in [6.07, 6.45) is 0.553. The molecule has 0 spiro atoms. The third-order valence-electron chi connectivity index (χ3n) is 5.56. The molecule has 0 fully saturated rings. The molecule has 10 nitrogen and oxygen atoms in total. The van der Waals surface area contributed by atoms with Gasteiger partial charge in [0.05, 0.1) is 33.4 Å². The van der Waals surface area contributed by atoms with E-state index in [1.54, 1.807) is 25.1 Å². The second kappa shape index (κ2) is 10.4. The number of rotatable bonds is 4. The third kappa shape index (κ3) is 5.04. The number of halogens is 2. The van der Waals surface area contributed by atoms with Crippen molar-refractivity contribution in [3.05, 3.63) is 63.1 Å². The Bertz CT molecular complexity index is 1520. The lowest BCUT2D eigenvalue weighted by molar-refractivity contribution is -0.105. The Labute approximate surface area is 216 Å². The first-order chi connectivity index (χ1) is 17.2. The number of likely N-dealkylation sites (N-methyl/N-ethyl adjacent to an activating group) is 1. The Morgan fingerprint density at radius 3 is 2.69 bits per heavy atom. The molecule has 0 unspecified atom stereocenters. The summed E-state index contributed by atoms with van der Waals surface area (Å²) in [5.74, 6) is 0.0408. The first-order valence-electron chi connectivity index (χ1n) is 10.8. The number of nitrogens with two attached hydrogens (primary N) is 1. The molecule has 1 aliphatic rings. The Morgan fingerprint density at radius 2 is 2.03 bits per heavy atom. The highest BCUT2D eigenvalue weighted by molar-refractivity contribution is 6.35. The van der Waals surface area contributed by atoms with E-state index >= 15 is 0 Å². The van der Waals surface area contributed by atoms with Gasteiger partial charge in [0.1, 0.15) is 17.3 Å². The van der Waals surface area contributed by atoms with Crippen LogP contribution in [0.2, 0.25) is 10.0 Å². The largest absolute Gasteiger partial charge is 0.439 e. The van der Waals surface area contributed by atoms with Crippen LogP contribution in [-0.4, -0.2) is 45.6 Å². The molecule has 12 heteroatoms. The predicted molar refractivity (Wildman–Crippen MR) is 136 cm³/mol. The Hall–Kier alpha value is -3.91. The number of fused-ring (bicyclic) bond motifs is 2. The number of oxazole rings is 1. The molecule has 2 amide bonds. The summed E-state index contributed by atoms with van der Waals surface area (Å²) in [4.78, 5) is 28.5. The summed E-state index contributed by atoms with van der Waals surface area (Å²) < 4.78 is 7.34. The number of carbonyl (C=O) groups excluding carboxylic acids is 2. The van der Waals surface area contributed by atoms with E-state index in [1.165, 1.54) is 6.07 Å². The van der Waals surface area contributed by atoms with E-state index in [0.29, 0.717) is 74.6 Å². The maximum atomic E-state index is 12.1. The normalized spacial score (nSPS) is 12.9. The fraction of sp³-hybridized carbons (Fsp3) is 0.208. The van der Waals surface area contributed by atoms with Gasteiger partial charge in [-0.3, -0.25) is 19.2 Å². The first kappa shape index (κ1) is 25.2. The van der Waals surface area contributed by atoms with Crippen LogP contribution in [0.5, 0.6) is 0 Å². The van der Waals surface area contributed by atoms with Gasteiger partial charge in [0, 0.05) is 31.3 Å². The number of carbonyl (C=O) groups is 2. The van der Waals surface area contributed by atoms with E-state index in [1.807, 2.05) is 23.9 Å². The van der Waals surface area contributed by atoms with Crippen LogP contribution in [0.25, 0.3) is 22.4 Å². The summed E-state index contributed by atoms with van der Waals surface area (Å²) in [7, 11) is 2.00. The summed E-state index contributed by atoms with van der Waals surface area (Å²) in [6, 6.07) is 10.2. The number of primary amides is 1. The van der Waals surface area contributed by atoms with Crippen LogP contribution in [0.3, 0.4) is 0 Å². The van der Waals surface area contributed by atoms with Gasteiger partial charge in [-0.1, -0.05) is 23.2 Å². The molecular weight excluding hydrogens is 505 g/mol. The number of hydrogen-bond acceptors (Lipinski definition) is 7. The van der Waals surface area contributed by atoms with Crippen LogP contribution in [0, 0.1) is 18.3 Å². The summed E-state index contributed by atoms with van der Waals surface area (Å²) in [5.41, 5.74) is 10.3. The van der Waals surface area contributed by atoms with Gasteiger partial charge in [0.25, 0.3) is 5.91 Å². The van der Waals surface area contributed by atoms with Gasteiger partial charge in [0.15, 0.2) is 11.5 Å². The minimum Gasteiger partial charge on any atom is -0.439 e. The van der Waals surface area contributed by atoms with Crippen molar-refractivity contribution in [2.45, 2.75) is 20.0 Å². The molecule has 2 aromatic carbocycles. The minimum absolute atomic E-state index is 0.337. The standard InChI is InChI=1S/C16H16ClN5O2.C8H5ClN2O/c1-8-19-11-6-9(5-10(17)15(11)24-8)14-13(16(18)23)12-7-21(2)3-4-22(12)20-14;9-8-3-7(11-5-12)2-1-6(8)4-10/h5-6H,3-4,7H2,1-2H3,(H2,18,23);1-3,5H,(H,11,12). The average molecular weight is 526 g/mol. The first-order valence-corrected chi connectivity index (χ1v) is 11.5. The van der Waals surface area contributed by atoms with E-state index in [0.717, 1.165) is 12.2 Å². The summed E-state index contributed by atoms with van der Waals surface area (Å²) >= 11 is 12.0. The van der Waals surface area contributed by atoms with Crippen molar-refractivity contribution < 1.29 is 14.0 Å². The number of nitrogens with one attached hydrogen (secondary N) is 1. The van der Waals surface area contributed by atoms with E-state index in [2.05, 4.69) is 20.3 Å². The van der Waals surface area contributed by atoms with E-state index in [4.69, 9.17) is 38.6 Å². The van der Waals surface area contributed by atoms with Gasteiger partial charge in [-0.2, -0.15) is 10.4 Å². The Morgan fingerprint density at radius 1 is 1.25 bits per heavy atom. The fourth-order valence-electron chi connectivity index (χ4n) is 3.91.